The van der Waals surface area contributed by atoms with Crippen molar-refractivity contribution < 1.29 is 4.79 Å². The highest BCUT2D eigenvalue weighted by molar-refractivity contribution is 7.99. The van der Waals surface area contributed by atoms with Gasteiger partial charge in [0.25, 0.3) is 0 Å². The van der Waals surface area contributed by atoms with Gasteiger partial charge in [0.2, 0.25) is 5.91 Å². The number of carbonyl (C=O) groups is 1. The van der Waals surface area contributed by atoms with Crippen LogP contribution < -0.4 is 11.1 Å². The van der Waals surface area contributed by atoms with Crippen molar-refractivity contribution >= 4 is 29.0 Å². The Morgan fingerprint density at radius 1 is 1.40 bits per heavy atom. The van der Waals surface area contributed by atoms with Crippen LogP contribution in [-0.4, -0.2) is 16.9 Å². The van der Waals surface area contributed by atoms with Gasteiger partial charge in [-0.15, -0.1) is 0 Å². The Morgan fingerprint density at radius 3 is 2.90 bits per heavy atom. The Labute approximate surface area is 125 Å². The van der Waals surface area contributed by atoms with Crippen molar-refractivity contribution in [3.63, 3.8) is 0 Å². The summed E-state index contributed by atoms with van der Waals surface area (Å²) in [7, 11) is 0. The molecule has 1 aromatic carbocycles. The molecule has 3 nitrogen and oxygen atoms in total. The number of aryl methyl sites for hydroxylation is 1. The van der Waals surface area contributed by atoms with Gasteiger partial charge < -0.3 is 11.1 Å². The maximum absolute atomic E-state index is 11.9. The van der Waals surface area contributed by atoms with E-state index in [1.807, 2.05) is 36.9 Å². The lowest BCUT2D eigenvalue weighted by Crippen LogP contribution is -2.13. The lowest BCUT2D eigenvalue weighted by atomic mass is 10.1. The molecule has 0 bridgehead atoms. The van der Waals surface area contributed by atoms with Gasteiger partial charge in [0.1, 0.15) is 0 Å². The van der Waals surface area contributed by atoms with Crippen molar-refractivity contribution in [2.24, 2.45) is 0 Å². The molecule has 1 amide bonds. The molecule has 1 fully saturated rings. The number of nitrogens with two attached hydrogens (primary N) is 1. The van der Waals surface area contributed by atoms with Crippen LogP contribution in [0.15, 0.2) is 18.2 Å². The molecule has 0 atom stereocenters. The van der Waals surface area contributed by atoms with Crippen LogP contribution in [-0.2, 0) is 4.79 Å². The molecule has 0 spiro atoms. The van der Waals surface area contributed by atoms with E-state index in [0.717, 1.165) is 28.7 Å². The summed E-state index contributed by atoms with van der Waals surface area (Å²) in [5.74, 6) is 1.18. The zero-order valence-electron chi connectivity index (χ0n) is 12.2. The molecule has 110 valence electrons. The molecular formula is C16H24N2OS. The second-order valence-corrected chi connectivity index (χ2v) is 6.91. The fourth-order valence-corrected chi connectivity index (χ4v) is 3.84. The quantitative estimate of drug-likeness (QED) is 0.616. The number of thioether (sulfide) groups is 1. The van der Waals surface area contributed by atoms with E-state index in [-0.39, 0.29) is 5.91 Å². The summed E-state index contributed by atoms with van der Waals surface area (Å²) in [5.41, 5.74) is 8.30. The first-order chi connectivity index (χ1) is 9.65. The number of benzene rings is 1. The van der Waals surface area contributed by atoms with Gasteiger partial charge in [-0.3, -0.25) is 4.79 Å². The number of amides is 1. The largest absolute Gasteiger partial charge is 0.399 e. The maximum Gasteiger partial charge on any atom is 0.224 e. The zero-order chi connectivity index (χ0) is 14.4. The van der Waals surface area contributed by atoms with Gasteiger partial charge in [-0.1, -0.05) is 18.9 Å². The van der Waals surface area contributed by atoms with Gasteiger partial charge in [0, 0.05) is 23.0 Å². The molecule has 4 heteroatoms. The van der Waals surface area contributed by atoms with Gasteiger partial charge in [-0.2, -0.15) is 11.8 Å². The van der Waals surface area contributed by atoms with E-state index in [9.17, 15) is 4.79 Å². The monoisotopic (exact) mass is 292 g/mol. The number of rotatable bonds is 6. The fourth-order valence-electron chi connectivity index (χ4n) is 2.52. The first kappa shape index (κ1) is 15.2. The second-order valence-electron chi connectivity index (χ2n) is 5.50. The molecule has 0 aromatic heterocycles. The van der Waals surface area contributed by atoms with Crippen molar-refractivity contribution in [1.82, 2.24) is 0 Å². The number of nitrogen functional groups attached to an aromatic ring is 1. The summed E-state index contributed by atoms with van der Waals surface area (Å²) >= 11 is 2.04. The van der Waals surface area contributed by atoms with Gasteiger partial charge in [0.15, 0.2) is 0 Å². The molecule has 3 N–H and O–H groups in total. The smallest absolute Gasteiger partial charge is 0.224 e. The number of hydrogen-bond donors (Lipinski definition) is 2. The van der Waals surface area contributed by atoms with Crippen LogP contribution in [0.2, 0.25) is 0 Å². The number of hydrogen-bond acceptors (Lipinski definition) is 3. The molecule has 0 unspecified atom stereocenters. The third-order valence-corrected chi connectivity index (χ3v) is 5.21. The molecule has 0 heterocycles. The third-order valence-electron chi connectivity index (χ3n) is 3.74. The average molecular weight is 292 g/mol. The molecule has 2 rings (SSSR count). The highest BCUT2D eigenvalue weighted by Crippen LogP contribution is 2.29. The van der Waals surface area contributed by atoms with E-state index < -0.39 is 0 Å². The Kier molecular flexibility index (Phi) is 5.77. The summed E-state index contributed by atoms with van der Waals surface area (Å²) in [6.07, 6.45) is 7.03. The zero-order valence-corrected chi connectivity index (χ0v) is 13.0. The van der Waals surface area contributed by atoms with E-state index in [1.54, 1.807) is 0 Å². The Hall–Kier alpha value is -1.16. The summed E-state index contributed by atoms with van der Waals surface area (Å²) < 4.78 is 0. The summed E-state index contributed by atoms with van der Waals surface area (Å²) in [6, 6.07) is 5.60. The topological polar surface area (TPSA) is 55.1 Å². The maximum atomic E-state index is 11.9. The van der Waals surface area contributed by atoms with Gasteiger partial charge in [-0.05, 0) is 49.6 Å². The van der Waals surface area contributed by atoms with Crippen LogP contribution in [0, 0.1) is 6.92 Å². The Balaban J connectivity index is 1.68. The summed E-state index contributed by atoms with van der Waals surface area (Å²) in [6.45, 7) is 1.98. The molecule has 1 aromatic rings. The van der Waals surface area contributed by atoms with E-state index in [0.29, 0.717) is 12.1 Å². The van der Waals surface area contributed by atoms with Gasteiger partial charge in [-0.25, -0.2) is 0 Å². The number of carbonyl (C=O) groups excluding carboxylic acids is 1. The molecule has 1 saturated carbocycles. The highest BCUT2D eigenvalue weighted by atomic mass is 32.2. The molecule has 1 aliphatic rings. The minimum Gasteiger partial charge on any atom is -0.399 e. The Bertz CT molecular complexity index is 456. The SMILES string of the molecule is Cc1ccc(N)cc1NC(=O)CCCSC1CCCC1. The van der Waals surface area contributed by atoms with Gasteiger partial charge >= 0.3 is 0 Å². The van der Waals surface area contributed by atoms with E-state index in [1.165, 1.54) is 25.7 Å². The highest BCUT2D eigenvalue weighted by Gasteiger charge is 2.14. The minimum absolute atomic E-state index is 0.0886. The second kappa shape index (κ2) is 7.58. The first-order valence-corrected chi connectivity index (χ1v) is 8.47. The summed E-state index contributed by atoms with van der Waals surface area (Å²) in [4.78, 5) is 11.9. The van der Waals surface area contributed by atoms with Crippen LogP contribution in [0.3, 0.4) is 0 Å². The van der Waals surface area contributed by atoms with E-state index in [2.05, 4.69) is 5.32 Å². The minimum atomic E-state index is 0.0886. The summed E-state index contributed by atoms with van der Waals surface area (Å²) in [5, 5.41) is 3.79. The number of anilines is 2. The third kappa shape index (κ3) is 4.75. The molecule has 1 aliphatic carbocycles. The van der Waals surface area contributed by atoms with Crippen molar-refractivity contribution in [1.29, 1.82) is 0 Å². The normalized spacial score (nSPS) is 15.4. The molecule has 0 radical (unpaired) electrons. The first-order valence-electron chi connectivity index (χ1n) is 7.43. The van der Waals surface area contributed by atoms with Crippen molar-refractivity contribution in [3.05, 3.63) is 23.8 Å². The lowest BCUT2D eigenvalue weighted by molar-refractivity contribution is -0.116. The van der Waals surface area contributed by atoms with Crippen LogP contribution >= 0.6 is 11.8 Å². The predicted octanol–water partition coefficient (Wildman–Crippen LogP) is 3.97. The standard InChI is InChI=1S/C16H24N2OS/c1-12-8-9-13(17)11-15(12)18-16(19)7-4-10-20-14-5-2-3-6-14/h8-9,11,14H,2-7,10,17H2,1H3,(H,18,19). The predicted molar refractivity (Wildman–Crippen MR) is 88.2 cm³/mol. The molecule has 20 heavy (non-hydrogen) atoms. The van der Waals surface area contributed by atoms with Crippen LogP contribution in [0.4, 0.5) is 11.4 Å². The molecular weight excluding hydrogens is 268 g/mol. The van der Waals surface area contributed by atoms with Crippen LogP contribution in [0.1, 0.15) is 44.1 Å². The lowest BCUT2D eigenvalue weighted by Gasteiger charge is -2.10. The van der Waals surface area contributed by atoms with Crippen molar-refractivity contribution in [3.8, 4) is 0 Å². The van der Waals surface area contributed by atoms with E-state index >= 15 is 0 Å². The van der Waals surface area contributed by atoms with Crippen LogP contribution in [0.25, 0.3) is 0 Å². The van der Waals surface area contributed by atoms with Crippen molar-refractivity contribution in [2.45, 2.75) is 50.7 Å². The van der Waals surface area contributed by atoms with Crippen molar-refractivity contribution in [2.75, 3.05) is 16.8 Å². The Morgan fingerprint density at radius 2 is 2.15 bits per heavy atom. The fraction of sp³-hybridized carbons (Fsp3) is 0.562. The number of nitrogens with one attached hydrogen (secondary N) is 1. The van der Waals surface area contributed by atoms with E-state index in [4.69, 9.17) is 5.73 Å². The molecule has 0 saturated heterocycles. The average Bonchev–Trinajstić information content (AvgIpc) is 2.92. The molecule has 0 aliphatic heterocycles. The van der Waals surface area contributed by atoms with Gasteiger partial charge in [0.05, 0.1) is 0 Å². The van der Waals surface area contributed by atoms with Crippen LogP contribution in [0.5, 0.6) is 0 Å².